The molecule has 0 aromatic carbocycles. The summed E-state index contributed by atoms with van der Waals surface area (Å²) in [6, 6.07) is 1.76. The van der Waals surface area contributed by atoms with E-state index in [1.54, 1.807) is 30.3 Å². The summed E-state index contributed by atoms with van der Waals surface area (Å²) in [5, 5.41) is 4.09. The number of imidazole rings is 1. The van der Waals surface area contributed by atoms with Crippen LogP contribution < -0.4 is 0 Å². The van der Waals surface area contributed by atoms with Crippen LogP contribution in [0.3, 0.4) is 0 Å². The van der Waals surface area contributed by atoms with Crippen LogP contribution >= 0.6 is 0 Å². The van der Waals surface area contributed by atoms with Crippen LogP contribution in [0.5, 0.6) is 0 Å². The van der Waals surface area contributed by atoms with Crippen LogP contribution in [-0.4, -0.2) is 49.4 Å². The van der Waals surface area contributed by atoms with Gasteiger partial charge in [-0.1, -0.05) is 0 Å². The Hall–Kier alpha value is -2.15. The minimum atomic E-state index is -0.0268. The predicted octanol–water partition coefficient (Wildman–Crippen LogP) is 0.757. The van der Waals surface area contributed by atoms with Crippen molar-refractivity contribution in [2.24, 2.45) is 14.1 Å². The molecule has 3 heterocycles. The molecule has 3 rings (SSSR count). The van der Waals surface area contributed by atoms with Gasteiger partial charge in [0.05, 0.1) is 31.2 Å². The van der Waals surface area contributed by atoms with Gasteiger partial charge in [0.1, 0.15) is 5.69 Å². The summed E-state index contributed by atoms with van der Waals surface area (Å²) in [5.41, 5.74) is 2.73. The first-order valence-corrected chi connectivity index (χ1v) is 7.47. The number of aromatic nitrogens is 4. The molecule has 1 amide bonds. The van der Waals surface area contributed by atoms with Gasteiger partial charge in [-0.25, -0.2) is 4.98 Å². The third kappa shape index (κ3) is 2.52. The Morgan fingerprint density at radius 3 is 2.95 bits per heavy atom. The van der Waals surface area contributed by atoms with E-state index in [0.29, 0.717) is 25.5 Å². The molecule has 2 aromatic heterocycles. The quantitative estimate of drug-likeness (QED) is 0.836. The van der Waals surface area contributed by atoms with Crippen LogP contribution in [0.15, 0.2) is 18.6 Å². The number of carbonyl (C=O) groups is 1. The maximum Gasteiger partial charge on any atom is 0.272 e. The molecule has 2 aromatic rings. The van der Waals surface area contributed by atoms with Gasteiger partial charge >= 0.3 is 0 Å². The molecule has 7 nitrogen and oxygen atoms in total. The van der Waals surface area contributed by atoms with E-state index in [0.717, 1.165) is 12.1 Å². The fourth-order valence-corrected chi connectivity index (χ4v) is 2.89. The lowest BCUT2D eigenvalue weighted by molar-refractivity contribution is 0.0378. The number of hydrogen-bond acceptors (Lipinski definition) is 4. The molecule has 118 valence electrons. The van der Waals surface area contributed by atoms with Crippen LogP contribution in [0.4, 0.5) is 0 Å². The summed E-state index contributed by atoms with van der Waals surface area (Å²) >= 11 is 0. The van der Waals surface area contributed by atoms with Crippen molar-refractivity contribution in [3.8, 4) is 0 Å². The molecule has 0 saturated carbocycles. The van der Waals surface area contributed by atoms with Gasteiger partial charge in [-0.2, -0.15) is 5.10 Å². The third-order valence-corrected chi connectivity index (χ3v) is 4.15. The molecule has 0 N–H and O–H groups in total. The van der Waals surface area contributed by atoms with Crippen LogP contribution in [0.1, 0.15) is 28.8 Å². The Kier molecular flexibility index (Phi) is 3.98. The van der Waals surface area contributed by atoms with E-state index in [2.05, 4.69) is 10.1 Å². The maximum atomic E-state index is 12.8. The normalized spacial score (nSPS) is 17.6. The lowest BCUT2D eigenvalue weighted by atomic mass is 10.0. The predicted molar refractivity (Wildman–Crippen MR) is 80.3 cm³/mol. The molecule has 1 aliphatic rings. The van der Waals surface area contributed by atoms with Gasteiger partial charge < -0.3 is 14.2 Å². The molecule has 0 radical (unpaired) electrons. The van der Waals surface area contributed by atoms with Gasteiger partial charge in [-0.3, -0.25) is 9.48 Å². The first kappa shape index (κ1) is 14.8. The van der Waals surface area contributed by atoms with Crippen molar-refractivity contribution >= 4 is 5.91 Å². The topological polar surface area (TPSA) is 65.2 Å². The minimum absolute atomic E-state index is 0.0188. The number of carbonyl (C=O) groups excluding carboxylic acids is 1. The zero-order chi connectivity index (χ0) is 15.7. The van der Waals surface area contributed by atoms with Crippen molar-refractivity contribution in [2.75, 3.05) is 13.2 Å². The minimum Gasteiger partial charge on any atom is -0.380 e. The average molecular weight is 303 g/mol. The van der Waals surface area contributed by atoms with Crippen molar-refractivity contribution in [3.63, 3.8) is 0 Å². The van der Waals surface area contributed by atoms with Crippen molar-refractivity contribution in [3.05, 3.63) is 35.7 Å². The van der Waals surface area contributed by atoms with Crippen LogP contribution in [-0.2, 0) is 31.8 Å². The number of fused-ring (bicyclic) bond motifs is 1. The zero-order valence-corrected chi connectivity index (χ0v) is 13.2. The summed E-state index contributed by atoms with van der Waals surface area (Å²) in [5.74, 6) is -0.0268. The highest BCUT2D eigenvalue weighted by atomic mass is 16.5. The number of ether oxygens (including phenoxy) is 1. The molecule has 0 fully saturated rings. The lowest BCUT2D eigenvalue weighted by Crippen LogP contribution is -2.47. The fourth-order valence-electron chi connectivity index (χ4n) is 2.89. The zero-order valence-electron chi connectivity index (χ0n) is 13.2. The standard InChI is InChI=1S/C15H21N5O2/c1-4-22-9-11-7-14-12(16-10-18(14)2)8-20(11)15(21)13-5-6-17-19(13)3/h5-6,10-11H,4,7-9H2,1-3H3/t11-/m1/s1. The van der Waals surface area contributed by atoms with Crippen molar-refractivity contribution in [2.45, 2.75) is 25.9 Å². The Labute approximate surface area is 129 Å². The van der Waals surface area contributed by atoms with E-state index in [4.69, 9.17) is 4.74 Å². The molecule has 0 bridgehead atoms. The average Bonchev–Trinajstić information content (AvgIpc) is 3.10. The van der Waals surface area contributed by atoms with Gasteiger partial charge in [0, 0.05) is 39.0 Å². The van der Waals surface area contributed by atoms with Crippen LogP contribution in [0.25, 0.3) is 0 Å². The number of nitrogens with zero attached hydrogens (tertiary/aromatic N) is 5. The maximum absolute atomic E-state index is 12.8. The molecule has 1 aliphatic heterocycles. The molecule has 22 heavy (non-hydrogen) atoms. The Morgan fingerprint density at radius 1 is 1.45 bits per heavy atom. The van der Waals surface area contributed by atoms with Gasteiger partial charge in [0.25, 0.3) is 5.91 Å². The van der Waals surface area contributed by atoms with E-state index >= 15 is 0 Å². The Morgan fingerprint density at radius 2 is 2.27 bits per heavy atom. The SMILES string of the molecule is CCOC[C@H]1Cc2c(ncn2C)CN1C(=O)c1ccnn1C. The monoisotopic (exact) mass is 303 g/mol. The highest BCUT2D eigenvalue weighted by molar-refractivity contribution is 5.92. The molecule has 0 spiro atoms. The lowest BCUT2D eigenvalue weighted by Gasteiger charge is -2.35. The Bertz CT molecular complexity index is 675. The number of aryl methyl sites for hydroxylation is 2. The van der Waals surface area contributed by atoms with Crippen LogP contribution in [0, 0.1) is 0 Å². The Balaban J connectivity index is 1.89. The molecular weight excluding hydrogens is 282 g/mol. The first-order valence-electron chi connectivity index (χ1n) is 7.47. The van der Waals surface area contributed by atoms with Crippen molar-refractivity contribution in [1.29, 1.82) is 0 Å². The van der Waals surface area contributed by atoms with E-state index in [1.165, 1.54) is 5.69 Å². The second-order valence-corrected chi connectivity index (χ2v) is 5.54. The molecule has 1 atom stereocenters. The summed E-state index contributed by atoms with van der Waals surface area (Å²) < 4.78 is 9.22. The summed E-state index contributed by atoms with van der Waals surface area (Å²) in [6.07, 6.45) is 4.21. The number of amides is 1. The van der Waals surface area contributed by atoms with Gasteiger partial charge in [0.2, 0.25) is 0 Å². The van der Waals surface area contributed by atoms with E-state index in [1.807, 2.05) is 23.4 Å². The van der Waals surface area contributed by atoms with Gasteiger partial charge in [-0.05, 0) is 13.0 Å². The van der Waals surface area contributed by atoms with Crippen molar-refractivity contribution in [1.82, 2.24) is 24.2 Å². The van der Waals surface area contributed by atoms with Crippen molar-refractivity contribution < 1.29 is 9.53 Å². The highest BCUT2D eigenvalue weighted by Crippen LogP contribution is 2.24. The summed E-state index contributed by atoms with van der Waals surface area (Å²) in [6.45, 7) is 3.65. The van der Waals surface area contributed by atoms with E-state index in [-0.39, 0.29) is 11.9 Å². The largest absolute Gasteiger partial charge is 0.380 e. The molecule has 0 aliphatic carbocycles. The van der Waals surface area contributed by atoms with Gasteiger partial charge in [-0.15, -0.1) is 0 Å². The number of hydrogen-bond donors (Lipinski definition) is 0. The summed E-state index contributed by atoms with van der Waals surface area (Å²) in [7, 11) is 3.77. The first-order chi connectivity index (χ1) is 10.6. The molecule has 0 unspecified atom stereocenters. The summed E-state index contributed by atoms with van der Waals surface area (Å²) in [4.78, 5) is 19.1. The second-order valence-electron chi connectivity index (χ2n) is 5.54. The van der Waals surface area contributed by atoms with Gasteiger partial charge in [0.15, 0.2) is 0 Å². The van der Waals surface area contributed by atoms with E-state index in [9.17, 15) is 4.79 Å². The highest BCUT2D eigenvalue weighted by Gasteiger charge is 2.33. The second kappa shape index (κ2) is 5.92. The third-order valence-electron chi connectivity index (χ3n) is 4.15. The molecule has 0 saturated heterocycles. The van der Waals surface area contributed by atoms with Crippen LogP contribution in [0.2, 0.25) is 0 Å². The van der Waals surface area contributed by atoms with E-state index < -0.39 is 0 Å². The molecular formula is C15H21N5O2. The smallest absolute Gasteiger partial charge is 0.272 e. The fraction of sp³-hybridized carbons (Fsp3) is 0.533. The number of rotatable bonds is 4. The molecule has 7 heteroatoms.